The van der Waals surface area contributed by atoms with Crippen molar-refractivity contribution in [2.24, 2.45) is 0 Å². The Labute approximate surface area is 148 Å². The van der Waals surface area contributed by atoms with Gasteiger partial charge in [0.2, 0.25) is 0 Å². The zero-order valence-electron chi connectivity index (χ0n) is 12.4. The number of hydrogen-bond donors (Lipinski definition) is 0. The van der Waals surface area contributed by atoms with Gasteiger partial charge in [0.25, 0.3) is 0 Å². The van der Waals surface area contributed by atoms with Gasteiger partial charge in [0.1, 0.15) is 0 Å². The van der Waals surface area contributed by atoms with Gasteiger partial charge in [-0.25, -0.2) is 0 Å². The Hall–Kier alpha value is 0.600. The molecule has 0 bridgehead atoms. The first-order chi connectivity index (χ1) is 8.53. The number of hydrogen-bond acceptors (Lipinski definition) is 1. The molecule has 2 aliphatic rings. The number of allylic oxidation sites excluding steroid dienone is 7. The second kappa shape index (κ2) is 9.58. The van der Waals surface area contributed by atoms with E-state index in [-0.39, 0.29) is 24.8 Å². The fourth-order valence-corrected chi connectivity index (χ4v) is 5.91. The van der Waals surface area contributed by atoms with Crippen molar-refractivity contribution in [3.05, 3.63) is 42.5 Å². The average molecular weight is 411 g/mol. The molecule has 0 fully saturated rings. The van der Waals surface area contributed by atoms with E-state index in [0.717, 1.165) is 13.0 Å². The van der Waals surface area contributed by atoms with Crippen molar-refractivity contribution in [3.8, 4) is 0 Å². The van der Waals surface area contributed by atoms with Crippen LogP contribution in [0.4, 0.5) is 0 Å². The van der Waals surface area contributed by atoms with Crippen LogP contribution in [-0.2, 0) is 27.7 Å². The predicted octanol–water partition coefficient (Wildman–Crippen LogP) is 5.21. The first-order valence-electron chi connectivity index (χ1n) is 6.69. The van der Waals surface area contributed by atoms with Crippen molar-refractivity contribution in [3.63, 3.8) is 0 Å². The minimum atomic E-state index is -1.33. The van der Waals surface area contributed by atoms with Crippen molar-refractivity contribution in [2.75, 3.05) is 6.61 Å². The molecule has 0 saturated carbocycles. The zero-order valence-corrected chi connectivity index (χ0v) is 17.5. The molecule has 0 unspecified atom stereocenters. The molecule has 1 nitrogen and oxygen atoms in total. The van der Waals surface area contributed by atoms with Gasteiger partial charge in [-0.2, -0.15) is 0 Å². The van der Waals surface area contributed by atoms with Gasteiger partial charge in [-0.1, -0.05) is 0 Å². The third-order valence-electron chi connectivity index (χ3n) is 2.96. The van der Waals surface area contributed by atoms with E-state index in [1.807, 2.05) is 0 Å². The molecule has 0 amide bonds. The fourth-order valence-electron chi connectivity index (χ4n) is 2.07. The van der Waals surface area contributed by atoms with Crippen molar-refractivity contribution < 1.29 is 27.7 Å². The third-order valence-corrected chi connectivity index (χ3v) is 7.38. The molecule has 0 saturated heterocycles. The van der Waals surface area contributed by atoms with Crippen LogP contribution >= 0.6 is 24.8 Å². The van der Waals surface area contributed by atoms with Gasteiger partial charge in [-0.3, -0.25) is 0 Å². The van der Waals surface area contributed by atoms with Gasteiger partial charge in [-0.05, 0) is 0 Å². The van der Waals surface area contributed by atoms with E-state index >= 15 is 0 Å². The molecule has 0 aromatic heterocycles. The van der Waals surface area contributed by atoms with Crippen LogP contribution in [0.25, 0.3) is 0 Å². The molecular weight excluding hydrogens is 386 g/mol. The molecule has 0 spiro atoms. The molecule has 0 N–H and O–H groups in total. The van der Waals surface area contributed by atoms with Crippen LogP contribution in [0.15, 0.2) is 42.5 Å². The predicted molar refractivity (Wildman–Crippen MR) is 91.0 cm³/mol. The molecule has 0 aromatic carbocycles. The maximum absolute atomic E-state index is 5.92. The Kier molecular flexibility index (Phi) is 9.87. The smallest absolute Gasteiger partial charge is 0.147 e. The van der Waals surface area contributed by atoms with Gasteiger partial charge in [0.05, 0.1) is 0 Å². The molecule has 0 heterocycles. The molecule has 0 atom stereocenters. The average Bonchev–Trinajstić information content (AvgIpc) is 2.89. The largest absolute Gasteiger partial charge is 0.147 e. The Morgan fingerprint density at radius 3 is 2.50 bits per heavy atom. The van der Waals surface area contributed by atoms with Gasteiger partial charge in [0, 0.05) is 0 Å². The second-order valence-electron chi connectivity index (χ2n) is 5.81. The molecule has 112 valence electrons. The summed E-state index contributed by atoms with van der Waals surface area (Å²) < 4.78 is 9.37. The summed E-state index contributed by atoms with van der Waals surface area (Å²) in [5.41, 5.74) is 1.51. The van der Waals surface area contributed by atoms with Crippen LogP contribution < -0.4 is 0 Å². The van der Waals surface area contributed by atoms with Gasteiger partial charge in [-0.15, -0.1) is 24.8 Å². The molecule has 20 heavy (non-hydrogen) atoms. The summed E-state index contributed by atoms with van der Waals surface area (Å²) in [6, 6.07) is 0. The standard InChI is InChI=1S/C10H17OSi.C5H5.2ClH.Zr/c1-12(2,3)11-9-8-10-6-4-5-7-10;1-2-4-5-3-1;;;/h6-7H,4,8-9H2,1-3H3;1-3H,4H2;2*1H;. The molecular formula is C15H24Cl2OSiZr. The van der Waals surface area contributed by atoms with Crippen molar-refractivity contribution in [1.29, 1.82) is 0 Å². The first-order valence-corrected chi connectivity index (χ1v) is 12.6. The van der Waals surface area contributed by atoms with E-state index in [0.29, 0.717) is 0 Å². The van der Waals surface area contributed by atoms with E-state index in [1.54, 1.807) is 6.56 Å². The van der Waals surface area contributed by atoms with Crippen LogP contribution in [0.2, 0.25) is 19.6 Å². The number of rotatable bonds is 6. The zero-order chi connectivity index (χ0) is 13.0. The SMILES string of the molecule is C[Si](C)(C)OCCC1=CC[C]([Zr][C]2=CC=CC2)=C1.Cl.Cl. The first kappa shape index (κ1) is 20.6. The molecule has 0 aromatic rings. The normalized spacial score (nSPS) is 16.9. The topological polar surface area (TPSA) is 9.23 Å². The van der Waals surface area contributed by atoms with Crippen LogP contribution in [0.5, 0.6) is 0 Å². The summed E-state index contributed by atoms with van der Waals surface area (Å²) in [7, 11) is -1.33. The van der Waals surface area contributed by atoms with E-state index in [9.17, 15) is 0 Å². The Bertz CT molecular complexity index is 434. The monoisotopic (exact) mass is 408 g/mol. The Balaban J connectivity index is 0.00000180. The van der Waals surface area contributed by atoms with E-state index < -0.39 is 31.6 Å². The minimum absolute atomic E-state index is 0. The summed E-state index contributed by atoms with van der Waals surface area (Å²) in [6.07, 6.45) is 15.2. The second-order valence-corrected chi connectivity index (χ2v) is 14.1. The van der Waals surface area contributed by atoms with Crippen molar-refractivity contribution in [1.82, 2.24) is 0 Å². The van der Waals surface area contributed by atoms with E-state index in [4.69, 9.17) is 4.43 Å². The summed E-state index contributed by atoms with van der Waals surface area (Å²) >= 11 is -0.433. The Morgan fingerprint density at radius 1 is 1.15 bits per heavy atom. The minimum Gasteiger partial charge on any atom is -0.147 e. The quantitative estimate of drug-likeness (QED) is 0.546. The maximum atomic E-state index is 5.92. The van der Waals surface area contributed by atoms with Gasteiger partial charge in [0.15, 0.2) is 0 Å². The molecule has 2 aliphatic carbocycles. The Morgan fingerprint density at radius 2 is 1.90 bits per heavy atom. The van der Waals surface area contributed by atoms with E-state index in [1.165, 1.54) is 18.4 Å². The van der Waals surface area contributed by atoms with Crippen LogP contribution in [0.3, 0.4) is 0 Å². The third kappa shape index (κ3) is 7.56. The molecule has 2 rings (SSSR count). The summed E-state index contributed by atoms with van der Waals surface area (Å²) in [4.78, 5) is 0. The van der Waals surface area contributed by atoms with Crippen molar-refractivity contribution in [2.45, 2.75) is 38.9 Å². The van der Waals surface area contributed by atoms with E-state index in [2.05, 4.69) is 50.0 Å². The van der Waals surface area contributed by atoms with Crippen LogP contribution in [0.1, 0.15) is 19.3 Å². The maximum Gasteiger partial charge on any atom is -0.147 e. The molecule has 0 aliphatic heterocycles. The van der Waals surface area contributed by atoms with Gasteiger partial charge < -0.3 is 0 Å². The van der Waals surface area contributed by atoms with Crippen molar-refractivity contribution >= 4 is 33.1 Å². The van der Waals surface area contributed by atoms with Crippen LogP contribution in [0, 0.1) is 0 Å². The van der Waals surface area contributed by atoms with Crippen LogP contribution in [-0.4, -0.2) is 14.9 Å². The van der Waals surface area contributed by atoms with Gasteiger partial charge >= 0.3 is 124 Å². The summed E-state index contributed by atoms with van der Waals surface area (Å²) in [5, 5.41) is 0. The molecule has 0 radical (unpaired) electrons. The fraction of sp³-hybridized carbons (Fsp3) is 0.467. The summed E-state index contributed by atoms with van der Waals surface area (Å²) in [5.74, 6) is 0. The number of halogens is 2. The molecule has 5 heteroatoms. The summed E-state index contributed by atoms with van der Waals surface area (Å²) in [6.45, 7) is 7.67.